The van der Waals surface area contributed by atoms with Crippen LogP contribution in [0.3, 0.4) is 0 Å². The number of hydrogen-bond donors (Lipinski definition) is 0. The first-order valence-corrected chi connectivity index (χ1v) is 5.64. The van der Waals surface area contributed by atoms with Gasteiger partial charge < -0.3 is 4.74 Å². The summed E-state index contributed by atoms with van der Waals surface area (Å²) in [6.07, 6.45) is 0. The molecule has 2 aromatic rings. The molecule has 2 nitrogen and oxygen atoms in total. The van der Waals surface area contributed by atoms with Gasteiger partial charge in [-0.15, -0.1) is 0 Å². The number of hydrogen-bond acceptors (Lipinski definition) is 2. The zero-order valence-electron chi connectivity index (χ0n) is 9.61. The molecule has 0 aliphatic heterocycles. The molecule has 0 saturated carbocycles. The Morgan fingerprint density at radius 2 is 1.89 bits per heavy atom. The van der Waals surface area contributed by atoms with Crippen LogP contribution in [0.2, 0.25) is 5.02 Å². The Balaban J connectivity index is 2.53. The summed E-state index contributed by atoms with van der Waals surface area (Å²) >= 11 is 6.06. The molecule has 0 aliphatic rings. The van der Waals surface area contributed by atoms with Crippen LogP contribution in [0.1, 0.15) is 10.4 Å². The third-order valence-electron chi connectivity index (χ3n) is 2.55. The van der Waals surface area contributed by atoms with Crippen LogP contribution in [-0.4, -0.2) is 13.1 Å². The molecule has 0 N–H and O–H groups in total. The van der Waals surface area contributed by atoms with E-state index in [0.29, 0.717) is 10.6 Å². The predicted molar refractivity (Wildman–Crippen MR) is 68.2 cm³/mol. The van der Waals surface area contributed by atoms with Crippen molar-refractivity contribution in [3.63, 3.8) is 0 Å². The lowest BCUT2D eigenvalue weighted by Crippen LogP contribution is -2.04. The van der Waals surface area contributed by atoms with Gasteiger partial charge >= 0.3 is 5.97 Å². The topological polar surface area (TPSA) is 26.3 Å². The summed E-state index contributed by atoms with van der Waals surface area (Å²) in [6.45, 7) is 0. The van der Waals surface area contributed by atoms with E-state index in [4.69, 9.17) is 11.6 Å². The van der Waals surface area contributed by atoms with Crippen molar-refractivity contribution < 1.29 is 13.9 Å². The summed E-state index contributed by atoms with van der Waals surface area (Å²) in [4.78, 5) is 11.3. The fourth-order valence-corrected chi connectivity index (χ4v) is 1.92. The van der Waals surface area contributed by atoms with Gasteiger partial charge in [0.25, 0.3) is 0 Å². The van der Waals surface area contributed by atoms with Crippen molar-refractivity contribution in [2.45, 2.75) is 0 Å². The zero-order chi connectivity index (χ0) is 13.1. The highest BCUT2D eigenvalue weighted by Gasteiger charge is 2.16. The summed E-state index contributed by atoms with van der Waals surface area (Å²) in [5.41, 5.74) is 1.17. The molecule has 18 heavy (non-hydrogen) atoms. The van der Waals surface area contributed by atoms with Crippen molar-refractivity contribution >= 4 is 17.6 Å². The average Bonchev–Trinajstić information content (AvgIpc) is 2.41. The Labute approximate surface area is 109 Å². The quantitative estimate of drug-likeness (QED) is 0.768. The minimum atomic E-state index is -0.742. The molecule has 92 valence electrons. The van der Waals surface area contributed by atoms with E-state index in [0.717, 1.165) is 5.56 Å². The first-order chi connectivity index (χ1) is 8.63. The predicted octanol–water partition coefficient (Wildman–Crippen LogP) is 3.93. The molecule has 0 fully saturated rings. The highest BCUT2D eigenvalue weighted by atomic mass is 35.5. The molecule has 0 unspecified atom stereocenters. The second-order valence-electron chi connectivity index (χ2n) is 3.67. The summed E-state index contributed by atoms with van der Waals surface area (Å²) < 4.78 is 18.3. The molecule has 0 aliphatic carbocycles. The fourth-order valence-electron chi connectivity index (χ4n) is 1.65. The van der Waals surface area contributed by atoms with Gasteiger partial charge in [0, 0.05) is 10.6 Å². The number of halogens is 2. The lowest BCUT2D eigenvalue weighted by atomic mass is 10.0. The zero-order valence-corrected chi connectivity index (χ0v) is 10.4. The Bertz CT molecular complexity index is 582. The van der Waals surface area contributed by atoms with E-state index >= 15 is 0 Å². The molecule has 2 rings (SSSR count). The van der Waals surface area contributed by atoms with Crippen LogP contribution in [0, 0.1) is 5.82 Å². The van der Waals surface area contributed by atoms with Crippen LogP contribution in [0.25, 0.3) is 11.1 Å². The molecule has 0 aromatic heterocycles. The number of ether oxygens (including phenoxy) is 1. The van der Waals surface area contributed by atoms with E-state index in [1.807, 2.05) is 30.3 Å². The van der Waals surface area contributed by atoms with Crippen LogP contribution in [0.4, 0.5) is 4.39 Å². The summed E-state index contributed by atoms with van der Waals surface area (Å²) in [6, 6.07) is 11.7. The van der Waals surface area contributed by atoms with Crippen molar-refractivity contribution in [2.24, 2.45) is 0 Å². The molecule has 2 aromatic carbocycles. The first kappa shape index (κ1) is 12.6. The summed E-state index contributed by atoms with van der Waals surface area (Å²) in [7, 11) is 1.20. The number of benzene rings is 2. The monoisotopic (exact) mass is 264 g/mol. The van der Waals surface area contributed by atoms with Gasteiger partial charge in [-0.05, 0) is 17.7 Å². The number of rotatable bonds is 2. The second-order valence-corrected chi connectivity index (χ2v) is 4.08. The van der Waals surface area contributed by atoms with Crippen LogP contribution in [0.5, 0.6) is 0 Å². The number of esters is 1. The Kier molecular flexibility index (Phi) is 3.63. The molecular weight excluding hydrogens is 255 g/mol. The highest BCUT2D eigenvalue weighted by molar-refractivity contribution is 6.33. The maximum atomic E-state index is 13.8. The molecular formula is C14H10ClFO2. The molecule has 0 atom stereocenters. The molecule has 0 spiro atoms. The molecule has 0 amide bonds. The van der Waals surface area contributed by atoms with Crippen LogP contribution >= 0.6 is 11.6 Å². The first-order valence-electron chi connectivity index (χ1n) is 5.26. The Hall–Kier alpha value is -1.87. The van der Waals surface area contributed by atoms with Gasteiger partial charge in [-0.25, -0.2) is 9.18 Å². The lowest BCUT2D eigenvalue weighted by molar-refractivity contribution is 0.0595. The molecule has 0 heterocycles. The standard InChI is InChI=1S/C14H10ClFO2/c1-18-14(17)11-7-12(15)10(8-13(11)16)9-5-3-2-4-6-9/h2-8H,1H3. The van der Waals surface area contributed by atoms with Gasteiger partial charge in [-0.2, -0.15) is 0 Å². The summed E-state index contributed by atoms with van der Waals surface area (Å²) in [5.74, 6) is -1.39. The Morgan fingerprint density at radius 1 is 1.22 bits per heavy atom. The van der Waals surface area contributed by atoms with E-state index in [2.05, 4.69) is 4.74 Å². The van der Waals surface area contributed by atoms with Crippen LogP contribution < -0.4 is 0 Å². The molecule has 0 saturated heterocycles. The van der Waals surface area contributed by atoms with E-state index in [9.17, 15) is 9.18 Å². The maximum Gasteiger partial charge on any atom is 0.340 e. The molecule has 4 heteroatoms. The van der Waals surface area contributed by atoms with Gasteiger partial charge in [0.2, 0.25) is 0 Å². The van der Waals surface area contributed by atoms with Gasteiger partial charge in [-0.1, -0.05) is 41.9 Å². The lowest BCUT2D eigenvalue weighted by Gasteiger charge is -2.08. The van der Waals surface area contributed by atoms with Crippen LogP contribution in [0.15, 0.2) is 42.5 Å². The molecule has 0 bridgehead atoms. The van der Waals surface area contributed by atoms with Crippen LogP contribution in [-0.2, 0) is 4.74 Å². The van der Waals surface area contributed by atoms with Crippen molar-refractivity contribution in [1.29, 1.82) is 0 Å². The van der Waals surface area contributed by atoms with E-state index < -0.39 is 11.8 Å². The van der Waals surface area contributed by atoms with E-state index in [1.54, 1.807) is 0 Å². The number of carbonyl (C=O) groups excluding carboxylic acids is 1. The normalized spacial score (nSPS) is 10.2. The number of methoxy groups -OCH3 is 1. The maximum absolute atomic E-state index is 13.8. The largest absolute Gasteiger partial charge is 0.465 e. The third-order valence-corrected chi connectivity index (χ3v) is 2.86. The highest BCUT2D eigenvalue weighted by Crippen LogP contribution is 2.30. The van der Waals surface area contributed by atoms with E-state index in [1.165, 1.54) is 19.2 Å². The summed E-state index contributed by atoms with van der Waals surface area (Å²) in [5, 5.41) is 0.308. The molecule has 0 radical (unpaired) electrons. The minimum absolute atomic E-state index is 0.165. The van der Waals surface area contributed by atoms with Gasteiger partial charge in [0.05, 0.1) is 12.7 Å². The van der Waals surface area contributed by atoms with Gasteiger partial charge in [-0.3, -0.25) is 0 Å². The number of carbonyl (C=O) groups is 1. The average molecular weight is 265 g/mol. The second kappa shape index (κ2) is 5.19. The van der Waals surface area contributed by atoms with Gasteiger partial charge in [0.1, 0.15) is 5.82 Å². The smallest absolute Gasteiger partial charge is 0.340 e. The van der Waals surface area contributed by atoms with Crippen molar-refractivity contribution in [2.75, 3.05) is 7.11 Å². The van der Waals surface area contributed by atoms with Crippen molar-refractivity contribution in [3.05, 3.63) is 58.9 Å². The van der Waals surface area contributed by atoms with Gasteiger partial charge in [0.15, 0.2) is 0 Å². The van der Waals surface area contributed by atoms with Crippen molar-refractivity contribution in [3.8, 4) is 11.1 Å². The van der Waals surface area contributed by atoms with E-state index in [-0.39, 0.29) is 5.56 Å². The Morgan fingerprint density at radius 3 is 2.50 bits per heavy atom. The third kappa shape index (κ3) is 2.36. The van der Waals surface area contributed by atoms with Crippen molar-refractivity contribution in [1.82, 2.24) is 0 Å². The SMILES string of the molecule is COC(=O)c1cc(Cl)c(-c2ccccc2)cc1F. The fraction of sp³-hybridized carbons (Fsp3) is 0.0714. The minimum Gasteiger partial charge on any atom is -0.465 e.